The van der Waals surface area contributed by atoms with Gasteiger partial charge in [0.15, 0.2) is 5.96 Å². The number of hydrogen-bond acceptors (Lipinski definition) is 16. The molecule has 0 unspecified atom stereocenters. The number of carboxylic acid groups (broad SMARTS) is 2. The van der Waals surface area contributed by atoms with Crippen molar-refractivity contribution in [3.05, 3.63) is 0 Å². The van der Waals surface area contributed by atoms with E-state index in [4.69, 9.17) is 17.2 Å². The van der Waals surface area contributed by atoms with Crippen molar-refractivity contribution >= 4 is 84.5 Å². The SMILES string of the molecule is CC[C@H](C)[C@H](NC(=O)[C@H](CCCN=C(N)N)NC(=O)[C@@H](NC(=O)[C@@H](N)CS)[C@@H](C)O)C(=O)N[C@H](C(=O)N[C@@H](CCC(=O)O)C(=O)N[C@@H](CO)C(=O)N[C@@H](CS)C(=O)O)[C@@H](C)O. The molecule has 0 spiro atoms. The van der Waals surface area contributed by atoms with E-state index in [9.17, 15) is 68.7 Å². The van der Waals surface area contributed by atoms with Crippen molar-refractivity contribution in [2.45, 2.75) is 120 Å². The van der Waals surface area contributed by atoms with Crippen LogP contribution in [0.2, 0.25) is 0 Å². The van der Waals surface area contributed by atoms with E-state index in [-0.39, 0.29) is 43.3 Å². The summed E-state index contributed by atoms with van der Waals surface area (Å²) in [5.74, 6) is -11.6. The molecule has 0 radical (unpaired) electrons. The normalized spacial score (nSPS) is 16.4. The molecule has 0 heterocycles. The lowest BCUT2D eigenvalue weighted by Gasteiger charge is -2.30. The molecule has 0 bridgehead atoms. The van der Waals surface area contributed by atoms with Gasteiger partial charge in [-0.15, -0.1) is 0 Å². The maximum atomic E-state index is 13.8. The lowest BCUT2D eigenvalue weighted by molar-refractivity contribution is -0.142. The molecule has 0 saturated carbocycles. The van der Waals surface area contributed by atoms with Crippen molar-refractivity contribution in [1.82, 2.24) is 37.2 Å². The van der Waals surface area contributed by atoms with Gasteiger partial charge in [-0.1, -0.05) is 20.3 Å². The van der Waals surface area contributed by atoms with Gasteiger partial charge in [-0.2, -0.15) is 25.3 Å². The standard InChI is InChI=1S/C34H61N11O14S2/c1-5-14(2)23(43-28(53)18(7-6-10-38-34(36)37)39-31(56)24(15(3)47)44-26(51)17(35)12-60)30(55)45-25(16(4)48)32(57)40-19(8-9-22(49)50)27(52)41-20(11-46)29(54)42-21(13-61)33(58)59/h14-21,23-25,46-48,60-61H,5-13,35H2,1-4H3,(H,39,56)(H,40,57)(H,41,52)(H,42,54)(H,43,53)(H,44,51)(H,45,55)(H,49,50)(H,58,59)(H4,36,37,38)/t14-,15+,16+,17-,18-,19-,20-,21-,23-,24-,25-/m0/s1. The first-order chi connectivity index (χ1) is 28.4. The predicted octanol–water partition coefficient (Wildman–Crippen LogP) is -6.63. The van der Waals surface area contributed by atoms with Crippen molar-refractivity contribution in [2.75, 3.05) is 24.7 Å². The Bertz CT molecular complexity index is 1550. The summed E-state index contributed by atoms with van der Waals surface area (Å²) in [7, 11) is 0. The van der Waals surface area contributed by atoms with Gasteiger partial charge in [-0.25, -0.2) is 4.79 Å². The van der Waals surface area contributed by atoms with Crippen LogP contribution in [-0.4, -0.2) is 170 Å². The summed E-state index contributed by atoms with van der Waals surface area (Å²) in [4.78, 5) is 119. The number of nitrogens with one attached hydrogen (secondary N) is 7. The number of rotatable bonds is 29. The van der Waals surface area contributed by atoms with Gasteiger partial charge in [-0.3, -0.25) is 43.3 Å². The lowest BCUT2D eigenvalue weighted by atomic mass is 9.96. The quantitative estimate of drug-likeness (QED) is 0.0144. The number of nitrogens with two attached hydrogens (primary N) is 3. The Balaban J connectivity index is 6.48. The number of carboxylic acids is 2. The molecule has 27 heteroatoms. The fourth-order valence-electron chi connectivity index (χ4n) is 5.11. The first kappa shape index (κ1) is 56.0. The second-order valence-electron chi connectivity index (χ2n) is 13.9. The molecular formula is C34H61N11O14S2. The van der Waals surface area contributed by atoms with E-state index in [2.05, 4.69) is 67.5 Å². The van der Waals surface area contributed by atoms with Crippen LogP contribution < -0.4 is 54.4 Å². The highest BCUT2D eigenvalue weighted by Crippen LogP contribution is 2.12. The Morgan fingerprint density at radius 3 is 1.46 bits per heavy atom. The van der Waals surface area contributed by atoms with Crippen LogP contribution in [0, 0.1) is 5.92 Å². The summed E-state index contributed by atoms with van der Waals surface area (Å²) in [5, 5.41) is 65.0. The third-order valence-electron chi connectivity index (χ3n) is 8.92. The second-order valence-corrected chi connectivity index (χ2v) is 14.7. The fourth-order valence-corrected chi connectivity index (χ4v) is 5.52. The number of nitrogens with zero attached hydrogens (tertiary/aromatic N) is 1. The number of amides is 7. The van der Waals surface area contributed by atoms with Crippen molar-refractivity contribution in [3.63, 3.8) is 0 Å². The highest BCUT2D eigenvalue weighted by atomic mass is 32.1. The molecule has 0 aliphatic carbocycles. The smallest absolute Gasteiger partial charge is 0.327 e. The van der Waals surface area contributed by atoms with Crippen LogP contribution in [-0.2, 0) is 43.2 Å². The summed E-state index contributed by atoms with van der Waals surface area (Å²) >= 11 is 7.76. The fraction of sp³-hybridized carbons (Fsp3) is 0.706. The van der Waals surface area contributed by atoms with Crippen LogP contribution in [0.25, 0.3) is 0 Å². The molecule has 61 heavy (non-hydrogen) atoms. The molecule has 0 aliphatic rings. The molecule has 0 rings (SSSR count). The molecule has 0 aromatic heterocycles. The number of guanidine groups is 1. The summed E-state index contributed by atoms with van der Waals surface area (Å²) in [6, 6.07) is -12.5. The maximum Gasteiger partial charge on any atom is 0.327 e. The number of aliphatic hydroxyl groups is 3. The molecule has 0 aliphatic heterocycles. The monoisotopic (exact) mass is 911 g/mol. The van der Waals surface area contributed by atoms with Crippen molar-refractivity contribution < 1.29 is 68.7 Å². The average molecular weight is 912 g/mol. The minimum atomic E-state index is -1.85. The van der Waals surface area contributed by atoms with Crippen LogP contribution in [0.1, 0.15) is 59.8 Å². The maximum absolute atomic E-state index is 13.8. The van der Waals surface area contributed by atoms with E-state index >= 15 is 0 Å². The van der Waals surface area contributed by atoms with Crippen LogP contribution in [0.15, 0.2) is 4.99 Å². The lowest BCUT2D eigenvalue weighted by Crippen LogP contribution is -2.63. The zero-order valence-corrected chi connectivity index (χ0v) is 36.0. The summed E-state index contributed by atoms with van der Waals surface area (Å²) in [6.45, 7) is 4.50. The van der Waals surface area contributed by atoms with Crippen LogP contribution >= 0.6 is 25.3 Å². The van der Waals surface area contributed by atoms with E-state index in [1.165, 1.54) is 6.92 Å². The van der Waals surface area contributed by atoms with Crippen molar-refractivity contribution in [3.8, 4) is 0 Å². The van der Waals surface area contributed by atoms with Crippen molar-refractivity contribution in [2.24, 2.45) is 28.1 Å². The predicted molar refractivity (Wildman–Crippen MR) is 224 cm³/mol. The van der Waals surface area contributed by atoms with Gasteiger partial charge in [0.25, 0.3) is 0 Å². The Labute approximate surface area is 362 Å². The molecule has 7 amide bonds. The zero-order chi connectivity index (χ0) is 47.1. The Morgan fingerprint density at radius 1 is 0.607 bits per heavy atom. The molecule has 25 nitrogen and oxygen atoms in total. The van der Waals surface area contributed by atoms with Gasteiger partial charge in [0, 0.05) is 24.5 Å². The third-order valence-corrected chi connectivity index (χ3v) is 9.68. The molecule has 348 valence electrons. The molecule has 0 aromatic rings. The zero-order valence-electron chi connectivity index (χ0n) is 34.2. The molecule has 0 aromatic carbocycles. The van der Waals surface area contributed by atoms with E-state index in [0.717, 1.165) is 6.92 Å². The van der Waals surface area contributed by atoms with E-state index in [1.54, 1.807) is 13.8 Å². The van der Waals surface area contributed by atoms with E-state index < -0.39 is 139 Å². The summed E-state index contributed by atoms with van der Waals surface area (Å²) in [5.41, 5.74) is 16.4. The molecule has 11 atom stereocenters. The Kier molecular flexibility index (Phi) is 26.2. The highest BCUT2D eigenvalue weighted by Gasteiger charge is 2.37. The topological polar surface area (TPSA) is 429 Å². The van der Waals surface area contributed by atoms with Gasteiger partial charge in [-0.05, 0) is 39.0 Å². The molecule has 0 fully saturated rings. The average Bonchev–Trinajstić information content (AvgIpc) is 3.19. The number of hydrogen-bond donors (Lipinski definition) is 17. The van der Waals surface area contributed by atoms with Crippen LogP contribution in [0.4, 0.5) is 0 Å². The van der Waals surface area contributed by atoms with Crippen LogP contribution in [0.5, 0.6) is 0 Å². The molecule has 0 saturated heterocycles. The number of thiol groups is 2. The van der Waals surface area contributed by atoms with Gasteiger partial charge >= 0.3 is 11.9 Å². The summed E-state index contributed by atoms with van der Waals surface area (Å²) in [6.07, 6.45) is -4.22. The minimum absolute atomic E-state index is 0.0103. The minimum Gasteiger partial charge on any atom is -0.481 e. The number of carbonyl (C=O) groups excluding carboxylic acids is 7. The first-order valence-electron chi connectivity index (χ1n) is 19.0. The highest BCUT2D eigenvalue weighted by molar-refractivity contribution is 7.80. The number of carbonyl (C=O) groups is 9. The summed E-state index contributed by atoms with van der Waals surface area (Å²) < 4.78 is 0. The largest absolute Gasteiger partial charge is 0.481 e. The van der Waals surface area contributed by atoms with Gasteiger partial charge < -0.3 is 80.0 Å². The number of aliphatic hydroxyl groups excluding tert-OH is 3. The van der Waals surface area contributed by atoms with E-state index in [0.29, 0.717) is 0 Å². The third kappa shape index (κ3) is 20.4. The van der Waals surface area contributed by atoms with Gasteiger partial charge in [0.1, 0.15) is 42.3 Å². The number of aliphatic carboxylic acids is 2. The van der Waals surface area contributed by atoms with Crippen molar-refractivity contribution in [1.29, 1.82) is 0 Å². The number of aliphatic imine (C=N–C) groups is 1. The first-order valence-corrected chi connectivity index (χ1v) is 20.3. The second kappa shape index (κ2) is 28.5. The Hall–Kier alpha value is -4.96. The van der Waals surface area contributed by atoms with Crippen LogP contribution in [0.3, 0.4) is 0 Å². The van der Waals surface area contributed by atoms with Gasteiger partial charge in [0.2, 0.25) is 41.4 Å². The molecule has 18 N–H and O–H groups in total. The van der Waals surface area contributed by atoms with Gasteiger partial charge in [0.05, 0.1) is 24.9 Å². The van der Waals surface area contributed by atoms with E-state index in [1.807, 2.05) is 0 Å². The molecular weight excluding hydrogens is 851 g/mol. The Morgan fingerprint density at radius 2 is 1.03 bits per heavy atom.